The van der Waals surface area contributed by atoms with E-state index >= 15 is 0 Å². The van der Waals surface area contributed by atoms with E-state index in [2.05, 4.69) is 36.5 Å². The van der Waals surface area contributed by atoms with Gasteiger partial charge in [-0.1, -0.05) is 31.2 Å². The summed E-state index contributed by atoms with van der Waals surface area (Å²) in [5.41, 5.74) is 2.73. The van der Waals surface area contributed by atoms with Crippen LogP contribution < -0.4 is 5.32 Å². The molecule has 1 unspecified atom stereocenters. The minimum absolute atomic E-state index is 0.591. The fourth-order valence-corrected chi connectivity index (χ4v) is 2.52. The molecule has 112 valence electrons. The summed E-state index contributed by atoms with van der Waals surface area (Å²) in [6.07, 6.45) is 3.41. The lowest BCUT2D eigenvalue weighted by Crippen LogP contribution is -2.18. The summed E-state index contributed by atoms with van der Waals surface area (Å²) in [5.74, 6) is 0.591. The van der Waals surface area contributed by atoms with E-state index < -0.39 is 0 Å². The molecule has 1 aromatic carbocycles. The van der Waals surface area contributed by atoms with E-state index in [1.807, 2.05) is 0 Å². The molecule has 0 saturated carbocycles. The van der Waals surface area contributed by atoms with Gasteiger partial charge < -0.3 is 14.8 Å². The molecule has 1 atom stereocenters. The Labute approximate surface area is 122 Å². The fraction of sp³-hybridized carbons (Fsp3) is 0.647. The van der Waals surface area contributed by atoms with Crippen LogP contribution in [-0.2, 0) is 22.5 Å². The highest BCUT2D eigenvalue weighted by Crippen LogP contribution is 2.15. The molecule has 1 heterocycles. The first-order valence-electron chi connectivity index (χ1n) is 7.83. The van der Waals surface area contributed by atoms with Gasteiger partial charge in [-0.2, -0.15) is 0 Å². The van der Waals surface area contributed by atoms with Crippen molar-refractivity contribution < 1.29 is 9.47 Å². The SMILES string of the molecule is CCCNCCc1ccccc1COCC1CCOC1. The zero-order valence-corrected chi connectivity index (χ0v) is 12.6. The molecule has 1 aliphatic heterocycles. The Balaban J connectivity index is 1.74. The number of rotatable bonds is 9. The lowest BCUT2D eigenvalue weighted by atomic mass is 10.1. The maximum absolute atomic E-state index is 5.87. The summed E-state index contributed by atoms with van der Waals surface area (Å²) in [5, 5.41) is 3.45. The monoisotopic (exact) mass is 277 g/mol. The third-order valence-corrected chi connectivity index (χ3v) is 3.75. The zero-order chi connectivity index (χ0) is 14.0. The van der Waals surface area contributed by atoms with Crippen LogP contribution in [0.2, 0.25) is 0 Å². The zero-order valence-electron chi connectivity index (χ0n) is 12.6. The van der Waals surface area contributed by atoms with Crippen LogP contribution >= 0.6 is 0 Å². The number of hydrogen-bond acceptors (Lipinski definition) is 3. The van der Waals surface area contributed by atoms with Gasteiger partial charge in [-0.25, -0.2) is 0 Å². The molecule has 1 fully saturated rings. The van der Waals surface area contributed by atoms with Gasteiger partial charge in [0.2, 0.25) is 0 Å². The van der Waals surface area contributed by atoms with Crippen molar-refractivity contribution in [3.8, 4) is 0 Å². The van der Waals surface area contributed by atoms with Crippen LogP contribution in [0.15, 0.2) is 24.3 Å². The summed E-state index contributed by atoms with van der Waals surface area (Å²) < 4.78 is 11.2. The Hall–Kier alpha value is -0.900. The van der Waals surface area contributed by atoms with Crippen molar-refractivity contribution in [1.29, 1.82) is 0 Å². The van der Waals surface area contributed by atoms with E-state index in [-0.39, 0.29) is 0 Å². The Morgan fingerprint density at radius 1 is 1.25 bits per heavy atom. The lowest BCUT2D eigenvalue weighted by molar-refractivity contribution is 0.0787. The quantitative estimate of drug-likeness (QED) is 0.704. The molecule has 1 saturated heterocycles. The van der Waals surface area contributed by atoms with Crippen LogP contribution in [0.25, 0.3) is 0 Å². The third-order valence-electron chi connectivity index (χ3n) is 3.75. The van der Waals surface area contributed by atoms with Gasteiger partial charge in [-0.15, -0.1) is 0 Å². The van der Waals surface area contributed by atoms with E-state index in [1.165, 1.54) is 17.5 Å². The number of hydrogen-bond donors (Lipinski definition) is 1. The summed E-state index contributed by atoms with van der Waals surface area (Å²) >= 11 is 0. The molecule has 0 aliphatic carbocycles. The maximum atomic E-state index is 5.87. The second-order valence-corrected chi connectivity index (χ2v) is 5.51. The Morgan fingerprint density at radius 3 is 2.85 bits per heavy atom. The van der Waals surface area contributed by atoms with Crippen LogP contribution in [0, 0.1) is 5.92 Å². The van der Waals surface area contributed by atoms with Crippen molar-refractivity contribution in [1.82, 2.24) is 5.32 Å². The van der Waals surface area contributed by atoms with Gasteiger partial charge in [0, 0.05) is 12.5 Å². The van der Waals surface area contributed by atoms with E-state index in [1.54, 1.807) is 0 Å². The highest BCUT2D eigenvalue weighted by Gasteiger charge is 2.15. The van der Waals surface area contributed by atoms with Crippen LogP contribution in [0.3, 0.4) is 0 Å². The van der Waals surface area contributed by atoms with Gasteiger partial charge in [0.05, 0.1) is 19.8 Å². The molecular weight excluding hydrogens is 250 g/mol. The largest absolute Gasteiger partial charge is 0.381 e. The Bertz CT molecular complexity index is 375. The van der Waals surface area contributed by atoms with Crippen molar-refractivity contribution in [2.75, 3.05) is 32.9 Å². The molecule has 1 N–H and O–H groups in total. The molecule has 3 heteroatoms. The van der Waals surface area contributed by atoms with E-state index in [4.69, 9.17) is 9.47 Å². The van der Waals surface area contributed by atoms with Gasteiger partial charge >= 0.3 is 0 Å². The first-order valence-corrected chi connectivity index (χ1v) is 7.83. The predicted molar refractivity (Wildman–Crippen MR) is 81.9 cm³/mol. The van der Waals surface area contributed by atoms with E-state index in [0.717, 1.165) is 52.4 Å². The second-order valence-electron chi connectivity index (χ2n) is 5.51. The second kappa shape index (κ2) is 9.11. The molecule has 0 spiro atoms. The molecule has 1 aromatic rings. The predicted octanol–water partition coefficient (Wildman–Crippen LogP) is 2.78. The number of benzene rings is 1. The molecule has 2 rings (SSSR count). The molecular formula is C17H27NO2. The molecule has 0 aromatic heterocycles. The summed E-state index contributed by atoms with van der Waals surface area (Å²) in [6.45, 7) is 7.64. The van der Waals surface area contributed by atoms with Gasteiger partial charge in [0.1, 0.15) is 0 Å². The van der Waals surface area contributed by atoms with Crippen LogP contribution in [0.5, 0.6) is 0 Å². The van der Waals surface area contributed by atoms with Crippen LogP contribution in [0.1, 0.15) is 30.9 Å². The van der Waals surface area contributed by atoms with Crippen molar-refractivity contribution in [2.24, 2.45) is 5.92 Å². The van der Waals surface area contributed by atoms with Gasteiger partial charge in [0.15, 0.2) is 0 Å². The smallest absolute Gasteiger partial charge is 0.0719 e. The topological polar surface area (TPSA) is 30.5 Å². The van der Waals surface area contributed by atoms with Gasteiger partial charge in [-0.05, 0) is 43.5 Å². The third kappa shape index (κ3) is 5.23. The standard InChI is InChI=1S/C17H27NO2/c1-2-9-18-10-7-16-5-3-4-6-17(16)14-20-13-15-8-11-19-12-15/h3-6,15,18H,2,7-14H2,1H3. The van der Waals surface area contributed by atoms with Gasteiger partial charge in [0.25, 0.3) is 0 Å². The first kappa shape index (κ1) is 15.5. The first-order chi connectivity index (χ1) is 9.90. The van der Waals surface area contributed by atoms with Crippen molar-refractivity contribution in [3.05, 3.63) is 35.4 Å². The van der Waals surface area contributed by atoms with Crippen molar-refractivity contribution in [3.63, 3.8) is 0 Å². The fourth-order valence-electron chi connectivity index (χ4n) is 2.52. The average molecular weight is 277 g/mol. The number of nitrogens with one attached hydrogen (secondary N) is 1. The highest BCUT2D eigenvalue weighted by atomic mass is 16.5. The van der Waals surface area contributed by atoms with Crippen LogP contribution in [0.4, 0.5) is 0 Å². The van der Waals surface area contributed by atoms with Gasteiger partial charge in [-0.3, -0.25) is 0 Å². The number of ether oxygens (including phenoxy) is 2. The summed E-state index contributed by atoms with van der Waals surface area (Å²) in [7, 11) is 0. The minimum Gasteiger partial charge on any atom is -0.381 e. The minimum atomic E-state index is 0.591. The van der Waals surface area contributed by atoms with Crippen molar-refractivity contribution >= 4 is 0 Å². The van der Waals surface area contributed by atoms with E-state index in [9.17, 15) is 0 Å². The Morgan fingerprint density at radius 2 is 2.10 bits per heavy atom. The normalized spacial score (nSPS) is 18.6. The lowest BCUT2D eigenvalue weighted by Gasteiger charge is -2.12. The molecule has 1 aliphatic rings. The average Bonchev–Trinajstić information content (AvgIpc) is 2.98. The molecule has 0 amide bonds. The summed E-state index contributed by atoms with van der Waals surface area (Å²) in [6, 6.07) is 8.61. The highest BCUT2D eigenvalue weighted by molar-refractivity contribution is 5.26. The Kier molecular flexibility index (Phi) is 7.06. The van der Waals surface area contributed by atoms with Crippen LogP contribution in [-0.4, -0.2) is 32.9 Å². The molecule has 0 radical (unpaired) electrons. The molecule has 20 heavy (non-hydrogen) atoms. The summed E-state index contributed by atoms with van der Waals surface area (Å²) in [4.78, 5) is 0. The maximum Gasteiger partial charge on any atom is 0.0719 e. The molecule has 3 nitrogen and oxygen atoms in total. The van der Waals surface area contributed by atoms with E-state index in [0.29, 0.717) is 5.92 Å². The van der Waals surface area contributed by atoms with Crippen molar-refractivity contribution in [2.45, 2.75) is 32.8 Å². The molecule has 0 bridgehead atoms.